The molecular weight excluding hydrogens is 475 g/mol. The summed E-state index contributed by atoms with van der Waals surface area (Å²) in [6.45, 7) is -6.44. The normalized spacial score (nSPS) is 13.1. The third-order valence-electron chi connectivity index (χ3n) is 3.54. The van der Waals surface area contributed by atoms with Gasteiger partial charge in [-0.1, -0.05) is 23.2 Å². The number of carboxylic acids is 1. The minimum atomic E-state index is -3.23. The number of carboxylic acid groups (broad SMARTS) is 1. The van der Waals surface area contributed by atoms with Gasteiger partial charge in [-0.15, -0.1) is 0 Å². The minimum Gasteiger partial charge on any atom is -0.478 e. The lowest BCUT2D eigenvalue weighted by atomic mass is 10.1. The van der Waals surface area contributed by atoms with Crippen molar-refractivity contribution in [2.45, 2.75) is 25.4 Å². The fourth-order valence-corrected chi connectivity index (χ4v) is 2.86. The molecule has 2 rings (SSSR count). The Kier molecular flexibility index (Phi) is 8.31. The maximum atomic E-state index is 12.4. The number of aliphatic carboxylic acids is 1. The van der Waals surface area contributed by atoms with Gasteiger partial charge in [0.1, 0.15) is 11.5 Å². The van der Waals surface area contributed by atoms with Crippen molar-refractivity contribution in [3.8, 4) is 11.5 Å². The molecule has 2 atom stereocenters. The van der Waals surface area contributed by atoms with Gasteiger partial charge in [-0.25, -0.2) is 9.59 Å². The lowest BCUT2D eigenvalue weighted by molar-refractivity contribution is -0.171. The van der Waals surface area contributed by atoms with E-state index >= 15 is 0 Å². The first-order chi connectivity index (χ1) is 14.5. The number of carbonyl (C=O) groups excluding carboxylic acids is 1. The van der Waals surface area contributed by atoms with Crippen LogP contribution >= 0.6 is 23.2 Å². The van der Waals surface area contributed by atoms with Crippen molar-refractivity contribution in [1.29, 1.82) is 0 Å². The van der Waals surface area contributed by atoms with E-state index in [0.29, 0.717) is 0 Å². The largest absolute Gasteiger partial charge is 0.478 e. The van der Waals surface area contributed by atoms with Crippen LogP contribution in [0.2, 0.25) is 10.0 Å². The van der Waals surface area contributed by atoms with E-state index in [2.05, 4.69) is 9.47 Å². The number of aliphatic hydroxyl groups is 1. The predicted octanol–water partition coefficient (Wildman–Crippen LogP) is 4.60. The molecule has 2 aromatic carbocycles. The molecule has 0 heterocycles. The number of benzene rings is 2. The van der Waals surface area contributed by atoms with Gasteiger partial charge in [-0.05, 0) is 42.0 Å². The molecule has 0 amide bonds. The first kappa shape index (κ1) is 24.5. The van der Waals surface area contributed by atoms with Gasteiger partial charge in [0.2, 0.25) is 6.10 Å². The Labute approximate surface area is 181 Å². The molecule has 7 nitrogen and oxygen atoms in total. The average molecular weight is 487 g/mol. The molecule has 0 aliphatic rings. The topological polar surface area (TPSA) is 102 Å². The molecular formula is C18H12Cl2F4O7. The molecule has 168 valence electrons. The van der Waals surface area contributed by atoms with Crippen LogP contribution in [0.25, 0.3) is 0 Å². The second-order valence-corrected chi connectivity index (χ2v) is 6.63. The number of halogens is 6. The maximum Gasteiger partial charge on any atom is 0.387 e. The number of hydrogen-bond acceptors (Lipinski definition) is 6. The molecule has 13 heteroatoms. The molecule has 0 bridgehead atoms. The summed E-state index contributed by atoms with van der Waals surface area (Å²) in [6, 6.07) is 5.75. The Hall–Kier alpha value is -2.76. The molecule has 0 saturated carbocycles. The van der Waals surface area contributed by atoms with E-state index < -0.39 is 48.9 Å². The third-order valence-corrected chi connectivity index (χ3v) is 3.97. The Bertz CT molecular complexity index is 959. The SMILES string of the molecule is O=C(O[C@@H](C(=O)O)c1cc(Cl)cc(OC(F)F)c1)[C@H](O)c1cc(Cl)cc(OC(F)F)c1. The van der Waals surface area contributed by atoms with Crippen molar-refractivity contribution < 1.29 is 51.6 Å². The smallest absolute Gasteiger partial charge is 0.387 e. The fourth-order valence-electron chi connectivity index (χ4n) is 2.40. The van der Waals surface area contributed by atoms with Gasteiger partial charge < -0.3 is 24.4 Å². The lowest BCUT2D eigenvalue weighted by Crippen LogP contribution is -2.24. The Morgan fingerprint density at radius 3 is 1.71 bits per heavy atom. The molecule has 0 saturated heterocycles. The Balaban J connectivity index is 2.28. The van der Waals surface area contributed by atoms with Crippen LogP contribution in [0.5, 0.6) is 11.5 Å². The molecule has 31 heavy (non-hydrogen) atoms. The molecule has 0 aromatic heterocycles. The molecule has 0 unspecified atom stereocenters. The predicted molar refractivity (Wildman–Crippen MR) is 97.6 cm³/mol. The molecule has 0 radical (unpaired) electrons. The second kappa shape index (κ2) is 10.5. The number of ether oxygens (including phenoxy) is 3. The van der Waals surface area contributed by atoms with Crippen LogP contribution in [-0.4, -0.2) is 35.4 Å². The summed E-state index contributed by atoms with van der Waals surface area (Å²) >= 11 is 11.5. The summed E-state index contributed by atoms with van der Waals surface area (Å²) in [7, 11) is 0. The van der Waals surface area contributed by atoms with E-state index in [1.807, 2.05) is 0 Å². The monoisotopic (exact) mass is 486 g/mol. The standard InChI is InChI=1S/C18H12Cl2F4O7/c19-9-1-7(3-11(5-9)29-17(21)22)13(25)16(28)31-14(15(26)27)8-2-10(20)6-12(4-8)30-18(23)24/h1-6,13-14,17-18,25H,(H,26,27)/t13-,14-/m1/s1. The van der Waals surface area contributed by atoms with Crippen LogP contribution < -0.4 is 9.47 Å². The van der Waals surface area contributed by atoms with Crippen molar-refractivity contribution in [3.05, 3.63) is 57.6 Å². The van der Waals surface area contributed by atoms with Crippen LogP contribution in [-0.2, 0) is 14.3 Å². The minimum absolute atomic E-state index is 0.168. The summed E-state index contributed by atoms with van der Waals surface area (Å²) in [6.07, 6.45) is -4.21. The number of hydrogen-bond donors (Lipinski definition) is 2. The van der Waals surface area contributed by atoms with Gasteiger partial charge in [-0.3, -0.25) is 0 Å². The van der Waals surface area contributed by atoms with Gasteiger partial charge in [0.05, 0.1) is 0 Å². The van der Waals surface area contributed by atoms with E-state index in [0.717, 1.165) is 36.4 Å². The Morgan fingerprint density at radius 1 is 0.806 bits per heavy atom. The average Bonchev–Trinajstić information content (AvgIpc) is 2.62. The number of carbonyl (C=O) groups is 2. The van der Waals surface area contributed by atoms with Crippen LogP contribution in [0.3, 0.4) is 0 Å². The molecule has 0 aliphatic heterocycles. The fraction of sp³-hybridized carbons (Fsp3) is 0.222. The lowest BCUT2D eigenvalue weighted by Gasteiger charge is -2.18. The number of aliphatic hydroxyl groups excluding tert-OH is 1. The highest BCUT2D eigenvalue weighted by atomic mass is 35.5. The number of esters is 1. The van der Waals surface area contributed by atoms with Crippen LogP contribution in [0.15, 0.2) is 36.4 Å². The summed E-state index contributed by atoms with van der Waals surface area (Å²) in [5, 5.41) is 19.2. The zero-order valence-corrected chi connectivity index (χ0v) is 16.5. The summed E-state index contributed by atoms with van der Waals surface area (Å²) < 4.78 is 62.7. The maximum absolute atomic E-state index is 12.4. The molecule has 0 aliphatic carbocycles. The highest BCUT2D eigenvalue weighted by molar-refractivity contribution is 6.31. The van der Waals surface area contributed by atoms with Crippen LogP contribution in [0.4, 0.5) is 17.6 Å². The quantitative estimate of drug-likeness (QED) is 0.394. The van der Waals surface area contributed by atoms with Crippen LogP contribution in [0, 0.1) is 0 Å². The summed E-state index contributed by atoms with van der Waals surface area (Å²) in [4.78, 5) is 23.8. The molecule has 0 spiro atoms. The summed E-state index contributed by atoms with van der Waals surface area (Å²) in [5.41, 5.74) is -0.672. The van der Waals surface area contributed by atoms with E-state index in [-0.39, 0.29) is 21.2 Å². The first-order valence-electron chi connectivity index (χ1n) is 8.08. The van der Waals surface area contributed by atoms with E-state index in [1.165, 1.54) is 0 Å². The highest BCUT2D eigenvalue weighted by Gasteiger charge is 2.30. The Morgan fingerprint density at radius 2 is 1.26 bits per heavy atom. The van der Waals surface area contributed by atoms with Crippen molar-refractivity contribution in [3.63, 3.8) is 0 Å². The van der Waals surface area contributed by atoms with Crippen molar-refractivity contribution >= 4 is 35.1 Å². The third kappa shape index (κ3) is 7.16. The van der Waals surface area contributed by atoms with Crippen molar-refractivity contribution in [2.75, 3.05) is 0 Å². The summed E-state index contributed by atoms with van der Waals surface area (Å²) in [5.74, 6) is -4.20. The second-order valence-electron chi connectivity index (χ2n) is 5.76. The molecule has 2 aromatic rings. The van der Waals surface area contributed by atoms with Gasteiger partial charge in [-0.2, -0.15) is 17.6 Å². The highest BCUT2D eigenvalue weighted by Crippen LogP contribution is 2.31. The van der Waals surface area contributed by atoms with Crippen molar-refractivity contribution in [2.24, 2.45) is 0 Å². The van der Waals surface area contributed by atoms with Gasteiger partial charge in [0, 0.05) is 15.6 Å². The van der Waals surface area contributed by atoms with Crippen molar-refractivity contribution in [1.82, 2.24) is 0 Å². The molecule has 0 fully saturated rings. The van der Waals surface area contributed by atoms with Gasteiger partial charge in [0.15, 0.2) is 6.10 Å². The number of rotatable bonds is 9. The first-order valence-corrected chi connectivity index (χ1v) is 8.84. The van der Waals surface area contributed by atoms with E-state index in [9.17, 15) is 37.4 Å². The molecule has 2 N–H and O–H groups in total. The zero-order valence-electron chi connectivity index (χ0n) is 15.0. The number of alkyl halides is 4. The van der Waals surface area contributed by atoms with Gasteiger partial charge >= 0.3 is 25.2 Å². The zero-order chi connectivity index (χ0) is 23.3. The van der Waals surface area contributed by atoms with Gasteiger partial charge in [0.25, 0.3) is 0 Å². The van der Waals surface area contributed by atoms with E-state index in [4.69, 9.17) is 27.9 Å². The van der Waals surface area contributed by atoms with Crippen LogP contribution in [0.1, 0.15) is 23.3 Å². The van der Waals surface area contributed by atoms with E-state index in [1.54, 1.807) is 0 Å².